The molecule has 1 saturated heterocycles. The summed E-state index contributed by atoms with van der Waals surface area (Å²) in [6, 6.07) is 21.6. The van der Waals surface area contributed by atoms with Gasteiger partial charge in [-0.25, -0.2) is 4.39 Å². The predicted molar refractivity (Wildman–Crippen MR) is 121 cm³/mol. The van der Waals surface area contributed by atoms with E-state index < -0.39 is 5.82 Å². The summed E-state index contributed by atoms with van der Waals surface area (Å²) >= 11 is 0. The molecule has 32 heavy (non-hydrogen) atoms. The molecule has 1 aliphatic heterocycles. The van der Waals surface area contributed by atoms with E-state index in [1.165, 1.54) is 18.2 Å². The highest BCUT2D eigenvalue weighted by atomic mass is 19.1. The third-order valence-corrected chi connectivity index (χ3v) is 5.71. The summed E-state index contributed by atoms with van der Waals surface area (Å²) in [4.78, 5) is 27.1. The van der Waals surface area contributed by atoms with E-state index in [-0.39, 0.29) is 17.7 Å². The van der Waals surface area contributed by atoms with E-state index >= 15 is 0 Å². The smallest absolute Gasteiger partial charge is 0.254 e. The van der Waals surface area contributed by atoms with Gasteiger partial charge in [0.1, 0.15) is 11.6 Å². The Morgan fingerprint density at radius 2 is 1.75 bits per heavy atom. The van der Waals surface area contributed by atoms with E-state index in [1.54, 1.807) is 18.1 Å². The number of hydrogen-bond donors (Lipinski definition) is 1. The molecule has 4 rings (SSSR count). The van der Waals surface area contributed by atoms with Gasteiger partial charge in [0.25, 0.3) is 5.91 Å². The van der Waals surface area contributed by atoms with Crippen molar-refractivity contribution in [3.8, 4) is 16.9 Å². The van der Waals surface area contributed by atoms with Crippen molar-refractivity contribution in [2.75, 3.05) is 26.7 Å². The largest absolute Gasteiger partial charge is 0.497 e. The van der Waals surface area contributed by atoms with Crippen LogP contribution in [0.2, 0.25) is 0 Å². The first-order valence-corrected chi connectivity index (χ1v) is 10.6. The molecule has 1 unspecified atom stereocenters. The Morgan fingerprint density at radius 3 is 2.41 bits per heavy atom. The van der Waals surface area contributed by atoms with Crippen LogP contribution in [0.4, 0.5) is 4.39 Å². The molecule has 3 aromatic carbocycles. The van der Waals surface area contributed by atoms with Crippen molar-refractivity contribution in [1.82, 2.24) is 10.2 Å². The molecule has 0 aromatic heterocycles. The molecule has 0 aliphatic carbocycles. The first-order chi connectivity index (χ1) is 15.5. The van der Waals surface area contributed by atoms with E-state index in [1.807, 2.05) is 48.5 Å². The van der Waals surface area contributed by atoms with E-state index in [4.69, 9.17) is 4.74 Å². The fourth-order valence-corrected chi connectivity index (χ4v) is 3.95. The van der Waals surface area contributed by atoms with Crippen molar-refractivity contribution >= 4 is 11.8 Å². The second-order valence-corrected chi connectivity index (χ2v) is 7.88. The molecule has 1 atom stereocenters. The molecule has 3 aromatic rings. The molecule has 0 spiro atoms. The van der Waals surface area contributed by atoms with Crippen LogP contribution in [-0.2, 0) is 11.2 Å². The van der Waals surface area contributed by atoms with E-state index in [0.29, 0.717) is 31.6 Å². The van der Waals surface area contributed by atoms with Crippen LogP contribution in [0, 0.1) is 11.7 Å². The van der Waals surface area contributed by atoms with Crippen LogP contribution in [0.25, 0.3) is 11.1 Å². The Bertz CT molecular complexity index is 1100. The predicted octanol–water partition coefficient (Wildman–Crippen LogP) is 3.93. The van der Waals surface area contributed by atoms with Gasteiger partial charge in [0.15, 0.2) is 0 Å². The lowest BCUT2D eigenvalue weighted by atomic mass is 9.96. The maximum absolute atomic E-state index is 13.6. The number of carbonyl (C=O) groups is 2. The molecular formula is C26H25FN2O3. The quantitative estimate of drug-likeness (QED) is 0.665. The Kier molecular flexibility index (Phi) is 6.50. The molecule has 0 radical (unpaired) electrons. The zero-order chi connectivity index (χ0) is 22.5. The first-order valence-electron chi connectivity index (χ1n) is 10.6. The van der Waals surface area contributed by atoms with Crippen LogP contribution in [0.15, 0.2) is 72.8 Å². The minimum Gasteiger partial charge on any atom is -0.497 e. The summed E-state index contributed by atoms with van der Waals surface area (Å²) in [5.41, 5.74) is 3.46. The highest BCUT2D eigenvalue weighted by Crippen LogP contribution is 2.24. The van der Waals surface area contributed by atoms with Gasteiger partial charge in [-0.1, -0.05) is 42.5 Å². The maximum Gasteiger partial charge on any atom is 0.254 e. The highest BCUT2D eigenvalue weighted by molar-refractivity contribution is 5.95. The summed E-state index contributed by atoms with van der Waals surface area (Å²) in [5.74, 6) is -0.350. The molecule has 1 fully saturated rings. The second-order valence-electron chi connectivity index (χ2n) is 7.88. The molecule has 1 aliphatic rings. The molecular weight excluding hydrogens is 407 g/mol. The second kappa shape index (κ2) is 9.64. The van der Waals surface area contributed by atoms with Crippen molar-refractivity contribution < 1.29 is 18.7 Å². The molecule has 5 nitrogen and oxygen atoms in total. The Hall–Kier alpha value is -3.67. The maximum atomic E-state index is 13.6. The summed E-state index contributed by atoms with van der Waals surface area (Å²) in [6.07, 6.45) is 0.516. The normalized spacial score (nSPS) is 16.2. The Labute approximate surface area is 186 Å². The first kappa shape index (κ1) is 21.6. The number of ether oxygens (including phenoxy) is 1. The molecule has 6 heteroatoms. The number of methoxy groups -OCH3 is 1. The van der Waals surface area contributed by atoms with Crippen LogP contribution < -0.4 is 10.1 Å². The third kappa shape index (κ3) is 4.97. The zero-order valence-corrected chi connectivity index (χ0v) is 17.9. The number of nitrogens with one attached hydrogen (secondary N) is 1. The SMILES string of the molecule is COc1ccc(-c2ccc(CC3CN(C(=O)c4cccc(F)c4)CCNC3=O)cc2)cc1. The zero-order valence-electron chi connectivity index (χ0n) is 17.9. The lowest BCUT2D eigenvalue weighted by Gasteiger charge is -2.23. The Balaban J connectivity index is 1.46. The van der Waals surface area contributed by atoms with E-state index in [2.05, 4.69) is 5.32 Å². The topological polar surface area (TPSA) is 58.6 Å². The lowest BCUT2D eigenvalue weighted by molar-refractivity contribution is -0.124. The van der Waals surface area contributed by atoms with Gasteiger partial charge in [0.05, 0.1) is 13.0 Å². The Morgan fingerprint density at radius 1 is 1.06 bits per heavy atom. The minimum absolute atomic E-state index is 0.0706. The standard InChI is InChI=1S/C26H25FN2O3/c1-32-24-11-9-20(10-12-24)19-7-5-18(6-8-19)15-22-17-29(14-13-28-25(22)30)26(31)21-3-2-4-23(27)16-21/h2-12,16,22H,13-15,17H2,1H3,(H,28,30). The molecule has 164 valence electrons. The summed E-state index contributed by atoms with van der Waals surface area (Å²) < 4.78 is 18.8. The minimum atomic E-state index is -0.451. The number of amides is 2. The van der Waals surface area contributed by atoms with Crippen LogP contribution >= 0.6 is 0 Å². The monoisotopic (exact) mass is 432 g/mol. The highest BCUT2D eigenvalue weighted by Gasteiger charge is 2.28. The molecule has 0 saturated carbocycles. The van der Waals surface area contributed by atoms with Crippen LogP contribution in [0.3, 0.4) is 0 Å². The molecule has 2 amide bonds. The van der Waals surface area contributed by atoms with Crippen molar-refractivity contribution in [2.24, 2.45) is 5.92 Å². The van der Waals surface area contributed by atoms with Gasteiger partial charge in [-0.2, -0.15) is 0 Å². The van der Waals surface area contributed by atoms with Crippen LogP contribution in [0.1, 0.15) is 15.9 Å². The van der Waals surface area contributed by atoms with Gasteiger partial charge < -0.3 is 15.0 Å². The average molecular weight is 432 g/mol. The molecule has 1 N–H and O–H groups in total. The van der Waals surface area contributed by atoms with E-state index in [0.717, 1.165) is 22.4 Å². The fraction of sp³-hybridized carbons (Fsp3) is 0.231. The number of carbonyl (C=O) groups excluding carboxylic acids is 2. The van der Waals surface area contributed by atoms with Gasteiger partial charge >= 0.3 is 0 Å². The summed E-state index contributed by atoms with van der Waals surface area (Å²) in [5, 5.41) is 2.89. The number of hydrogen-bond acceptors (Lipinski definition) is 3. The van der Waals surface area contributed by atoms with Crippen molar-refractivity contribution in [3.63, 3.8) is 0 Å². The van der Waals surface area contributed by atoms with Crippen molar-refractivity contribution in [3.05, 3.63) is 89.7 Å². The fourth-order valence-electron chi connectivity index (χ4n) is 3.95. The van der Waals surface area contributed by atoms with Gasteiger partial charge in [-0.05, 0) is 53.4 Å². The van der Waals surface area contributed by atoms with Crippen molar-refractivity contribution in [1.29, 1.82) is 0 Å². The van der Waals surface area contributed by atoms with Gasteiger partial charge in [0, 0.05) is 25.2 Å². The molecule has 0 bridgehead atoms. The van der Waals surface area contributed by atoms with Gasteiger partial charge in [-0.3, -0.25) is 9.59 Å². The number of rotatable bonds is 5. The van der Waals surface area contributed by atoms with Crippen LogP contribution in [0.5, 0.6) is 5.75 Å². The summed E-state index contributed by atoms with van der Waals surface area (Å²) in [7, 11) is 1.64. The summed E-state index contributed by atoms with van der Waals surface area (Å²) in [6.45, 7) is 1.07. The number of halogens is 1. The molecule has 1 heterocycles. The van der Waals surface area contributed by atoms with Crippen LogP contribution in [-0.4, -0.2) is 43.5 Å². The van der Waals surface area contributed by atoms with Crippen molar-refractivity contribution in [2.45, 2.75) is 6.42 Å². The number of benzene rings is 3. The van der Waals surface area contributed by atoms with Gasteiger partial charge in [-0.15, -0.1) is 0 Å². The number of nitrogens with zero attached hydrogens (tertiary/aromatic N) is 1. The lowest BCUT2D eigenvalue weighted by Crippen LogP contribution is -2.37. The van der Waals surface area contributed by atoms with Gasteiger partial charge in [0.2, 0.25) is 5.91 Å². The van der Waals surface area contributed by atoms with E-state index in [9.17, 15) is 14.0 Å². The third-order valence-electron chi connectivity index (χ3n) is 5.71. The average Bonchev–Trinajstić information content (AvgIpc) is 3.00.